The maximum Gasteiger partial charge on any atom is 0.192 e. The zero-order valence-corrected chi connectivity index (χ0v) is 14.0. The predicted octanol–water partition coefficient (Wildman–Crippen LogP) is 3.18. The van der Waals surface area contributed by atoms with E-state index in [4.69, 9.17) is 14.3 Å². The molecule has 1 rings (SSSR count). The van der Waals surface area contributed by atoms with Crippen LogP contribution < -0.4 is 0 Å². The average Bonchev–Trinajstić information content (AvgIpc) is 2.94. The van der Waals surface area contributed by atoms with Crippen LogP contribution in [0.2, 0.25) is 18.1 Å². The lowest BCUT2D eigenvalue weighted by Crippen LogP contribution is -2.47. The molecule has 1 fully saturated rings. The van der Waals surface area contributed by atoms with Crippen molar-refractivity contribution in [3.8, 4) is 0 Å². The van der Waals surface area contributed by atoms with Crippen molar-refractivity contribution >= 4 is 8.32 Å². The van der Waals surface area contributed by atoms with E-state index in [0.29, 0.717) is 5.92 Å². The molecule has 1 aliphatic rings. The Hall–Kier alpha value is 0.0969. The summed E-state index contributed by atoms with van der Waals surface area (Å²) in [6.45, 7) is 16.1. The molecule has 1 aliphatic heterocycles. The van der Waals surface area contributed by atoms with E-state index in [-0.39, 0.29) is 30.0 Å². The molecule has 4 heteroatoms. The number of epoxide rings is 1. The van der Waals surface area contributed by atoms with E-state index in [9.17, 15) is 0 Å². The first-order chi connectivity index (χ1) is 8.11. The van der Waals surface area contributed by atoms with Gasteiger partial charge in [0.25, 0.3) is 0 Å². The van der Waals surface area contributed by atoms with Crippen molar-refractivity contribution in [1.82, 2.24) is 0 Å². The normalized spacial score (nSPS) is 26.5. The van der Waals surface area contributed by atoms with Crippen LogP contribution in [0.4, 0.5) is 0 Å². The Labute approximate surface area is 113 Å². The van der Waals surface area contributed by atoms with Gasteiger partial charge in [-0.2, -0.15) is 0 Å². The molecular formula is C14H30O3Si. The summed E-state index contributed by atoms with van der Waals surface area (Å²) < 4.78 is 11.8. The lowest BCUT2D eigenvalue weighted by Gasteiger charge is -2.44. The number of aliphatic hydroxyl groups is 1. The summed E-state index contributed by atoms with van der Waals surface area (Å²) in [6.07, 6.45) is 1.37. The molecule has 0 bridgehead atoms. The van der Waals surface area contributed by atoms with E-state index in [1.807, 2.05) is 0 Å². The summed E-state index contributed by atoms with van der Waals surface area (Å²) in [5.74, 6) is 0.619. The lowest BCUT2D eigenvalue weighted by atomic mass is 9.99. The van der Waals surface area contributed by atoms with Gasteiger partial charge in [0.15, 0.2) is 8.32 Å². The molecule has 0 aromatic heterocycles. The van der Waals surface area contributed by atoms with Crippen LogP contribution in [0.1, 0.15) is 41.0 Å². The van der Waals surface area contributed by atoms with Gasteiger partial charge in [0, 0.05) is 12.5 Å². The van der Waals surface area contributed by atoms with Crippen molar-refractivity contribution in [3.05, 3.63) is 0 Å². The SMILES string of the molecule is CC(C)C(C)(C)[Si](C)(C)O[C@H](C)C[C@H]1O[C@@H]1CO. The van der Waals surface area contributed by atoms with Gasteiger partial charge in [0.05, 0.1) is 12.7 Å². The van der Waals surface area contributed by atoms with Crippen LogP contribution in [0.25, 0.3) is 0 Å². The third kappa shape index (κ3) is 3.56. The van der Waals surface area contributed by atoms with Gasteiger partial charge in [0.2, 0.25) is 0 Å². The van der Waals surface area contributed by atoms with E-state index in [1.165, 1.54) is 0 Å². The number of hydrogen-bond acceptors (Lipinski definition) is 3. The van der Waals surface area contributed by atoms with E-state index < -0.39 is 8.32 Å². The number of ether oxygens (including phenoxy) is 1. The fraction of sp³-hybridized carbons (Fsp3) is 1.00. The van der Waals surface area contributed by atoms with Crippen molar-refractivity contribution in [2.24, 2.45) is 5.92 Å². The monoisotopic (exact) mass is 274 g/mol. The van der Waals surface area contributed by atoms with Gasteiger partial charge in [-0.15, -0.1) is 0 Å². The van der Waals surface area contributed by atoms with Crippen LogP contribution in [-0.4, -0.2) is 38.3 Å². The van der Waals surface area contributed by atoms with Crippen molar-refractivity contribution in [3.63, 3.8) is 0 Å². The van der Waals surface area contributed by atoms with Crippen LogP contribution in [0, 0.1) is 5.92 Å². The van der Waals surface area contributed by atoms with Crippen molar-refractivity contribution in [2.45, 2.75) is 77.5 Å². The van der Waals surface area contributed by atoms with Crippen molar-refractivity contribution in [2.75, 3.05) is 6.61 Å². The van der Waals surface area contributed by atoms with Gasteiger partial charge < -0.3 is 14.3 Å². The number of aliphatic hydroxyl groups excluding tert-OH is 1. The van der Waals surface area contributed by atoms with Crippen molar-refractivity contribution in [1.29, 1.82) is 0 Å². The third-order valence-corrected chi connectivity index (χ3v) is 9.60. The maximum atomic E-state index is 8.97. The molecule has 0 saturated carbocycles. The summed E-state index contributed by atoms with van der Waals surface area (Å²) in [5, 5.41) is 9.22. The highest BCUT2D eigenvalue weighted by atomic mass is 28.4. The largest absolute Gasteiger partial charge is 0.414 e. The van der Waals surface area contributed by atoms with E-state index in [2.05, 4.69) is 47.7 Å². The predicted molar refractivity (Wildman–Crippen MR) is 77.3 cm³/mol. The molecule has 0 unspecified atom stereocenters. The Morgan fingerprint density at radius 1 is 1.22 bits per heavy atom. The molecule has 0 aromatic carbocycles. The number of rotatable bonds is 7. The van der Waals surface area contributed by atoms with Crippen LogP contribution in [0.5, 0.6) is 0 Å². The molecule has 0 spiro atoms. The van der Waals surface area contributed by atoms with Crippen LogP contribution in [0.15, 0.2) is 0 Å². The molecule has 1 N–H and O–H groups in total. The van der Waals surface area contributed by atoms with E-state index >= 15 is 0 Å². The molecule has 18 heavy (non-hydrogen) atoms. The quantitative estimate of drug-likeness (QED) is 0.573. The summed E-state index contributed by atoms with van der Waals surface area (Å²) >= 11 is 0. The first kappa shape index (κ1) is 16.2. The highest BCUT2D eigenvalue weighted by molar-refractivity contribution is 6.74. The Kier molecular flexibility index (Phi) is 5.04. The topological polar surface area (TPSA) is 42.0 Å². The molecule has 3 nitrogen and oxygen atoms in total. The Morgan fingerprint density at radius 2 is 1.78 bits per heavy atom. The van der Waals surface area contributed by atoms with E-state index in [0.717, 1.165) is 6.42 Å². The standard InChI is InChI=1S/C14H30O3Si/c1-10(2)14(4,5)18(6,7)17-11(3)8-12-13(9-15)16-12/h10-13,15H,8-9H2,1-7H3/t11-,12-,13-/m1/s1. The van der Waals surface area contributed by atoms with Crippen LogP contribution >= 0.6 is 0 Å². The molecule has 0 radical (unpaired) electrons. The zero-order valence-electron chi connectivity index (χ0n) is 13.0. The summed E-state index contributed by atoms with van der Waals surface area (Å²) in [5.41, 5.74) is 0. The highest BCUT2D eigenvalue weighted by Crippen LogP contribution is 2.45. The Bertz CT molecular complexity index is 276. The molecule has 108 valence electrons. The summed E-state index contributed by atoms with van der Waals surface area (Å²) in [6, 6.07) is 0. The first-order valence-electron chi connectivity index (χ1n) is 7.06. The molecule has 0 aromatic rings. The van der Waals surface area contributed by atoms with Gasteiger partial charge in [-0.05, 0) is 31.0 Å². The van der Waals surface area contributed by atoms with Gasteiger partial charge >= 0.3 is 0 Å². The minimum absolute atomic E-state index is 0.0546. The fourth-order valence-corrected chi connectivity index (χ4v) is 5.07. The molecular weight excluding hydrogens is 244 g/mol. The fourth-order valence-electron chi connectivity index (χ4n) is 2.27. The van der Waals surface area contributed by atoms with Crippen molar-refractivity contribution < 1.29 is 14.3 Å². The van der Waals surface area contributed by atoms with Gasteiger partial charge in [0.1, 0.15) is 6.10 Å². The van der Waals surface area contributed by atoms with Crippen LogP contribution in [-0.2, 0) is 9.16 Å². The van der Waals surface area contributed by atoms with Gasteiger partial charge in [-0.25, -0.2) is 0 Å². The lowest BCUT2D eigenvalue weighted by molar-refractivity contribution is 0.167. The Morgan fingerprint density at radius 3 is 2.17 bits per heavy atom. The minimum Gasteiger partial charge on any atom is -0.414 e. The second-order valence-corrected chi connectivity index (χ2v) is 11.5. The Balaban J connectivity index is 2.49. The minimum atomic E-state index is -1.75. The second-order valence-electron chi connectivity index (χ2n) is 6.95. The smallest absolute Gasteiger partial charge is 0.192 e. The first-order valence-corrected chi connectivity index (χ1v) is 9.96. The average molecular weight is 274 g/mol. The van der Waals surface area contributed by atoms with Gasteiger partial charge in [-0.1, -0.05) is 27.7 Å². The third-order valence-electron chi connectivity index (χ3n) is 4.92. The highest BCUT2D eigenvalue weighted by Gasteiger charge is 2.45. The summed E-state index contributed by atoms with van der Waals surface area (Å²) in [7, 11) is -1.75. The molecule has 1 heterocycles. The van der Waals surface area contributed by atoms with Gasteiger partial charge in [-0.3, -0.25) is 0 Å². The molecule has 0 aliphatic carbocycles. The molecule has 1 saturated heterocycles. The summed E-state index contributed by atoms with van der Waals surface area (Å²) in [4.78, 5) is 0. The molecule has 0 amide bonds. The maximum absolute atomic E-state index is 8.97. The van der Waals surface area contributed by atoms with Crippen LogP contribution in [0.3, 0.4) is 0 Å². The molecule has 3 atom stereocenters. The number of hydrogen-bond donors (Lipinski definition) is 1. The van der Waals surface area contributed by atoms with E-state index in [1.54, 1.807) is 0 Å². The zero-order chi connectivity index (χ0) is 14.1. The second kappa shape index (κ2) is 5.61.